The third kappa shape index (κ3) is 3.41. The van der Waals surface area contributed by atoms with Crippen LogP contribution in [0.4, 0.5) is 14.9 Å². The van der Waals surface area contributed by atoms with Gasteiger partial charge in [-0.25, -0.2) is 9.18 Å². The molecule has 2 aromatic rings. The Morgan fingerprint density at radius 1 is 1.15 bits per heavy atom. The zero-order valence-corrected chi connectivity index (χ0v) is 10.5. The predicted octanol–water partition coefficient (Wildman–Crippen LogP) is 3.39. The number of anilines is 1. The van der Waals surface area contributed by atoms with Crippen LogP contribution in [0.3, 0.4) is 0 Å². The highest BCUT2D eigenvalue weighted by molar-refractivity contribution is 5.87. The fraction of sp³-hybridized carbons (Fsp3) is 0.0667. The van der Waals surface area contributed by atoms with Gasteiger partial charge in [-0.1, -0.05) is 36.4 Å². The Morgan fingerprint density at radius 3 is 2.60 bits per heavy atom. The van der Waals surface area contributed by atoms with Crippen LogP contribution in [0.1, 0.15) is 15.9 Å². The minimum atomic E-state index is -0.782. The number of aldehydes is 1. The Hall–Kier alpha value is -2.69. The van der Waals surface area contributed by atoms with Crippen LogP contribution < -0.4 is 5.32 Å². The molecule has 20 heavy (non-hydrogen) atoms. The van der Waals surface area contributed by atoms with Crippen LogP contribution in [0.25, 0.3) is 0 Å². The normalized spacial score (nSPS) is 9.85. The van der Waals surface area contributed by atoms with Crippen molar-refractivity contribution in [1.82, 2.24) is 0 Å². The van der Waals surface area contributed by atoms with Gasteiger partial charge in [-0.15, -0.1) is 0 Å². The van der Waals surface area contributed by atoms with Crippen molar-refractivity contribution in [2.75, 3.05) is 5.32 Å². The molecule has 0 heterocycles. The summed E-state index contributed by atoms with van der Waals surface area (Å²) in [6.07, 6.45) is -0.397. The van der Waals surface area contributed by atoms with E-state index >= 15 is 0 Å². The van der Waals surface area contributed by atoms with Crippen molar-refractivity contribution in [3.05, 3.63) is 65.5 Å². The third-order valence-electron chi connectivity index (χ3n) is 2.61. The minimum Gasteiger partial charge on any atom is -0.444 e. The van der Waals surface area contributed by atoms with Crippen molar-refractivity contribution in [1.29, 1.82) is 0 Å². The van der Waals surface area contributed by atoms with Gasteiger partial charge in [-0.3, -0.25) is 10.1 Å². The van der Waals surface area contributed by atoms with Gasteiger partial charge in [0.25, 0.3) is 0 Å². The molecule has 5 heteroatoms. The molecule has 4 nitrogen and oxygen atoms in total. The van der Waals surface area contributed by atoms with Crippen molar-refractivity contribution < 1.29 is 18.7 Å². The number of carbonyl (C=O) groups is 2. The number of ether oxygens (including phenoxy) is 1. The number of carbonyl (C=O) groups excluding carboxylic acids is 2. The Balaban J connectivity index is 1.97. The molecule has 2 rings (SSSR count). The van der Waals surface area contributed by atoms with E-state index < -0.39 is 11.9 Å². The molecule has 1 amide bonds. The average molecular weight is 273 g/mol. The first kappa shape index (κ1) is 13.7. The number of halogens is 1. The van der Waals surface area contributed by atoms with Crippen molar-refractivity contribution in [2.45, 2.75) is 6.61 Å². The molecule has 0 aliphatic rings. The largest absolute Gasteiger partial charge is 0.444 e. The van der Waals surface area contributed by atoms with Crippen molar-refractivity contribution in [3.63, 3.8) is 0 Å². The maximum atomic E-state index is 13.7. The highest BCUT2D eigenvalue weighted by Gasteiger charge is 2.11. The Bertz CT molecular complexity index is 614. The van der Waals surface area contributed by atoms with E-state index in [1.165, 1.54) is 18.2 Å². The third-order valence-corrected chi connectivity index (χ3v) is 2.61. The summed E-state index contributed by atoms with van der Waals surface area (Å²) in [6.45, 7) is 0.0850. The average Bonchev–Trinajstić information content (AvgIpc) is 2.48. The van der Waals surface area contributed by atoms with Crippen LogP contribution in [0.15, 0.2) is 48.5 Å². The lowest BCUT2D eigenvalue weighted by Gasteiger charge is -2.08. The summed E-state index contributed by atoms with van der Waals surface area (Å²) in [4.78, 5) is 22.1. The lowest BCUT2D eigenvalue weighted by molar-refractivity contribution is 0.111. The molecular formula is C15H12FNO3. The molecule has 0 saturated carbocycles. The van der Waals surface area contributed by atoms with Crippen LogP contribution in [0, 0.1) is 5.82 Å². The molecule has 0 aromatic heterocycles. The molecule has 0 aliphatic heterocycles. The predicted molar refractivity (Wildman–Crippen MR) is 72.0 cm³/mol. The zero-order valence-electron chi connectivity index (χ0n) is 10.5. The number of benzene rings is 2. The molecule has 0 atom stereocenters. The van der Waals surface area contributed by atoms with Gasteiger partial charge in [0.15, 0.2) is 12.1 Å². The maximum absolute atomic E-state index is 13.7. The molecule has 0 aliphatic carbocycles. The fourth-order valence-electron chi connectivity index (χ4n) is 1.61. The van der Waals surface area contributed by atoms with Crippen LogP contribution in [0.5, 0.6) is 0 Å². The van der Waals surface area contributed by atoms with Crippen LogP contribution in [-0.4, -0.2) is 12.4 Å². The number of rotatable bonds is 4. The summed E-state index contributed by atoms with van der Waals surface area (Å²) in [7, 11) is 0. The number of hydrogen-bond acceptors (Lipinski definition) is 3. The van der Waals surface area contributed by atoms with Gasteiger partial charge in [-0.05, 0) is 17.7 Å². The van der Waals surface area contributed by atoms with Crippen LogP contribution in [-0.2, 0) is 11.3 Å². The van der Waals surface area contributed by atoms with Crippen molar-refractivity contribution in [2.24, 2.45) is 0 Å². The molecule has 0 bridgehead atoms. The van der Waals surface area contributed by atoms with E-state index in [2.05, 4.69) is 5.32 Å². The lowest BCUT2D eigenvalue weighted by Crippen LogP contribution is -2.15. The SMILES string of the molecule is O=Cc1cccc(NC(=O)OCc2ccccc2)c1F. The first-order valence-corrected chi connectivity index (χ1v) is 5.92. The molecule has 1 N–H and O–H groups in total. The molecule has 0 unspecified atom stereocenters. The molecular weight excluding hydrogens is 261 g/mol. The second-order valence-corrected chi connectivity index (χ2v) is 4.01. The lowest BCUT2D eigenvalue weighted by atomic mass is 10.2. The fourth-order valence-corrected chi connectivity index (χ4v) is 1.61. The van der Waals surface area contributed by atoms with E-state index in [4.69, 9.17) is 4.74 Å². The Labute approximate surface area is 115 Å². The smallest absolute Gasteiger partial charge is 0.412 e. The van der Waals surface area contributed by atoms with Gasteiger partial charge in [0.2, 0.25) is 0 Å². The number of amides is 1. The summed E-state index contributed by atoms with van der Waals surface area (Å²) in [5, 5.41) is 2.26. The second-order valence-electron chi connectivity index (χ2n) is 4.01. The topological polar surface area (TPSA) is 55.4 Å². The summed E-state index contributed by atoms with van der Waals surface area (Å²) < 4.78 is 18.7. The standard InChI is InChI=1S/C15H12FNO3/c16-14-12(9-18)7-4-8-13(14)17-15(19)20-10-11-5-2-1-3-6-11/h1-9H,10H2,(H,17,19). The van der Waals surface area contributed by atoms with Gasteiger partial charge in [-0.2, -0.15) is 0 Å². The molecule has 102 valence electrons. The van der Waals surface area contributed by atoms with E-state index in [9.17, 15) is 14.0 Å². The van der Waals surface area contributed by atoms with E-state index in [1.807, 2.05) is 18.2 Å². The molecule has 0 radical (unpaired) electrons. The highest BCUT2D eigenvalue weighted by atomic mass is 19.1. The highest BCUT2D eigenvalue weighted by Crippen LogP contribution is 2.17. The van der Waals surface area contributed by atoms with Crippen LogP contribution >= 0.6 is 0 Å². The van der Waals surface area contributed by atoms with E-state index in [0.717, 1.165) is 5.56 Å². The Morgan fingerprint density at radius 2 is 1.90 bits per heavy atom. The first-order chi connectivity index (χ1) is 9.70. The summed E-state index contributed by atoms with van der Waals surface area (Å²) in [5.41, 5.74) is 0.614. The molecule has 0 fully saturated rings. The second kappa shape index (κ2) is 6.47. The van der Waals surface area contributed by atoms with Crippen molar-refractivity contribution in [3.8, 4) is 0 Å². The van der Waals surface area contributed by atoms with Crippen molar-refractivity contribution >= 4 is 18.1 Å². The molecule has 2 aromatic carbocycles. The maximum Gasteiger partial charge on any atom is 0.412 e. The van der Waals surface area contributed by atoms with E-state index in [1.54, 1.807) is 12.1 Å². The summed E-state index contributed by atoms with van der Waals surface area (Å²) in [6, 6.07) is 13.3. The Kier molecular flexibility index (Phi) is 4.44. The van der Waals surface area contributed by atoms with Gasteiger partial charge >= 0.3 is 6.09 Å². The minimum absolute atomic E-state index is 0.0850. The monoisotopic (exact) mass is 273 g/mol. The summed E-state index contributed by atoms with van der Waals surface area (Å²) in [5.74, 6) is -0.779. The van der Waals surface area contributed by atoms with E-state index in [-0.39, 0.29) is 17.9 Å². The summed E-state index contributed by atoms with van der Waals surface area (Å²) >= 11 is 0. The first-order valence-electron chi connectivity index (χ1n) is 5.92. The molecule has 0 saturated heterocycles. The van der Waals surface area contributed by atoms with Crippen LogP contribution in [0.2, 0.25) is 0 Å². The molecule has 0 spiro atoms. The van der Waals surface area contributed by atoms with E-state index in [0.29, 0.717) is 6.29 Å². The van der Waals surface area contributed by atoms with Gasteiger partial charge in [0.1, 0.15) is 6.61 Å². The van der Waals surface area contributed by atoms with Gasteiger partial charge in [0, 0.05) is 0 Å². The zero-order chi connectivity index (χ0) is 14.4. The number of nitrogens with one attached hydrogen (secondary N) is 1. The van der Waals surface area contributed by atoms with Gasteiger partial charge < -0.3 is 4.74 Å². The quantitative estimate of drug-likeness (QED) is 0.869. The van der Waals surface area contributed by atoms with Gasteiger partial charge in [0.05, 0.1) is 11.3 Å². The number of hydrogen-bond donors (Lipinski definition) is 1.